The number of benzene rings is 1. The van der Waals surface area contributed by atoms with Crippen LogP contribution in [0.15, 0.2) is 24.3 Å². The fourth-order valence-electron chi connectivity index (χ4n) is 1.61. The summed E-state index contributed by atoms with van der Waals surface area (Å²) in [6.45, 7) is 6.45. The molecule has 1 atom stereocenters. The normalized spacial score (nSPS) is 12.5. The van der Waals surface area contributed by atoms with Crippen LogP contribution in [-0.4, -0.2) is 18.3 Å². The minimum absolute atomic E-state index is 0.134. The summed E-state index contributed by atoms with van der Waals surface area (Å²) in [5.41, 5.74) is 2.67. The maximum absolute atomic E-state index is 11.1. The van der Waals surface area contributed by atoms with Crippen molar-refractivity contribution in [2.45, 2.75) is 44.1 Å². The molecule has 0 amide bonds. The zero-order valence-corrected chi connectivity index (χ0v) is 12.4. The molecule has 0 aliphatic heterocycles. The molecule has 1 aromatic rings. The van der Waals surface area contributed by atoms with Gasteiger partial charge < -0.3 is 4.74 Å². The molecule has 0 aliphatic rings. The first kappa shape index (κ1) is 15.1. The third-order valence-electron chi connectivity index (χ3n) is 2.86. The second-order valence-electron chi connectivity index (χ2n) is 4.80. The Morgan fingerprint density at radius 2 is 1.83 bits per heavy atom. The van der Waals surface area contributed by atoms with Crippen molar-refractivity contribution < 1.29 is 9.53 Å². The van der Waals surface area contributed by atoms with Crippen LogP contribution in [0.5, 0.6) is 0 Å². The Morgan fingerprint density at radius 3 is 2.33 bits per heavy atom. The van der Waals surface area contributed by atoms with Gasteiger partial charge in [-0.15, -0.1) is 0 Å². The van der Waals surface area contributed by atoms with Crippen LogP contribution in [0.25, 0.3) is 0 Å². The summed E-state index contributed by atoms with van der Waals surface area (Å²) >= 11 is 1.79. The number of carbonyl (C=O) groups is 1. The fraction of sp³-hybridized carbons (Fsp3) is 0.533. The van der Waals surface area contributed by atoms with Crippen molar-refractivity contribution in [2.75, 3.05) is 7.11 Å². The third kappa shape index (κ3) is 5.13. The minimum Gasteiger partial charge on any atom is -0.469 e. The van der Waals surface area contributed by atoms with Crippen LogP contribution in [0, 0.1) is 0 Å². The predicted octanol–water partition coefficient (Wildman–Crippen LogP) is 3.99. The second-order valence-corrected chi connectivity index (χ2v) is 6.22. The van der Waals surface area contributed by atoms with Gasteiger partial charge >= 0.3 is 5.97 Å². The number of hydrogen-bond acceptors (Lipinski definition) is 3. The number of thioether (sulfide) groups is 1. The molecule has 2 nitrogen and oxygen atoms in total. The molecule has 0 fully saturated rings. The van der Waals surface area contributed by atoms with Gasteiger partial charge in [0.1, 0.15) is 0 Å². The zero-order chi connectivity index (χ0) is 13.5. The van der Waals surface area contributed by atoms with E-state index in [-0.39, 0.29) is 5.97 Å². The molecule has 0 bridgehead atoms. The first-order valence-corrected chi connectivity index (χ1v) is 7.35. The SMILES string of the molecule is COC(=O)CC(C)SCc1ccc(C(C)C)cc1. The van der Waals surface area contributed by atoms with Gasteiger partial charge in [-0.3, -0.25) is 4.79 Å². The Morgan fingerprint density at radius 1 is 1.22 bits per heavy atom. The minimum atomic E-state index is -0.134. The first-order chi connectivity index (χ1) is 8.52. The van der Waals surface area contributed by atoms with Gasteiger partial charge in [-0.25, -0.2) is 0 Å². The van der Waals surface area contributed by atoms with E-state index < -0.39 is 0 Å². The van der Waals surface area contributed by atoms with Gasteiger partial charge in [0.2, 0.25) is 0 Å². The molecule has 0 radical (unpaired) electrons. The molecule has 100 valence electrons. The molecule has 1 unspecified atom stereocenters. The Labute approximate surface area is 114 Å². The lowest BCUT2D eigenvalue weighted by Gasteiger charge is -2.10. The molecule has 0 heterocycles. The summed E-state index contributed by atoms with van der Waals surface area (Å²) in [6, 6.07) is 8.72. The van der Waals surface area contributed by atoms with Crippen molar-refractivity contribution in [3.8, 4) is 0 Å². The molecule has 0 spiro atoms. The quantitative estimate of drug-likeness (QED) is 0.728. The maximum atomic E-state index is 11.1. The number of ether oxygens (including phenoxy) is 1. The van der Waals surface area contributed by atoms with E-state index in [0.29, 0.717) is 17.6 Å². The summed E-state index contributed by atoms with van der Waals surface area (Å²) in [7, 11) is 1.43. The summed E-state index contributed by atoms with van der Waals surface area (Å²) < 4.78 is 4.66. The first-order valence-electron chi connectivity index (χ1n) is 6.30. The van der Waals surface area contributed by atoms with E-state index in [9.17, 15) is 4.79 Å². The standard InChI is InChI=1S/C15H22O2S/c1-11(2)14-7-5-13(6-8-14)10-18-12(3)9-15(16)17-4/h5-8,11-12H,9-10H2,1-4H3. The van der Waals surface area contributed by atoms with Crippen molar-refractivity contribution in [3.63, 3.8) is 0 Å². The van der Waals surface area contributed by atoms with E-state index in [0.717, 1.165) is 5.75 Å². The highest BCUT2D eigenvalue weighted by atomic mass is 32.2. The molecule has 0 saturated carbocycles. The van der Waals surface area contributed by atoms with Crippen LogP contribution in [0.1, 0.15) is 44.2 Å². The highest BCUT2D eigenvalue weighted by Crippen LogP contribution is 2.22. The lowest BCUT2D eigenvalue weighted by Crippen LogP contribution is -2.08. The lowest BCUT2D eigenvalue weighted by atomic mass is 10.0. The average Bonchev–Trinajstić information content (AvgIpc) is 2.36. The van der Waals surface area contributed by atoms with E-state index in [1.807, 2.05) is 0 Å². The van der Waals surface area contributed by atoms with Gasteiger partial charge in [-0.1, -0.05) is 45.0 Å². The molecule has 0 N–H and O–H groups in total. The molecular weight excluding hydrogens is 244 g/mol. The fourth-order valence-corrected chi connectivity index (χ4v) is 2.54. The van der Waals surface area contributed by atoms with Crippen molar-refractivity contribution in [1.82, 2.24) is 0 Å². The van der Waals surface area contributed by atoms with E-state index in [4.69, 9.17) is 0 Å². The monoisotopic (exact) mass is 266 g/mol. The predicted molar refractivity (Wildman–Crippen MR) is 77.9 cm³/mol. The van der Waals surface area contributed by atoms with Gasteiger partial charge in [0, 0.05) is 11.0 Å². The lowest BCUT2D eigenvalue weighted by molar-refractivity contribution is -0.140. The Bertz CT molecular complexity index is 371. The summed E-state index contributed by atoms with van der Waals surface area (Å²) in [5, 5.41) is 0.294. The summed E-state index contributed by atoms with van der Waals surface area (Å²) in [5.74, 6) is 1.38. The van der Waals surface area contributed by atoms with E-state index in [1.165, 1.54) is 18.2 Å². The largest absolute Gasteiger partial charge is 0.469 e. The molecule has 1 rings (SSSR count). The number of methoxy groups -OCH3 is 1. The van der Waals surface area contributed by atoms with Gasteiger partial charge in [-0.2, -0.15) is 11.8 Å². The van der Waals surface area contributed by atoms with Crippen LogP contribution in [0.4, 0.5) is 0 Å². The summed E-state index contributed by atoms with van der Waals surface area (Å²) in [6.07, 6.45) is 0.477. The van der Waals surface area contributed by atoms with Crippen molar-refractivity contribution in [3.05, 3.63) is 35.4 Å². The van der Waals surface area contributed by atoms with Crippen molar-refractivity contribution in [2.24, 2.45) is 0 Å². The van der Waals surface area contributed by atoms with Gasteiger partial charge in [0.05, 0.1) is 13.5 Å². The topological polar surface area (TPSA) is 26.3 Å². The van der Waals surface area contributed by atoms with Gasteiger partial charge in [-0.05, 0) is 17.0 Å². The molecule has 18 heavy (non-hydrogen) atoms. The Kier molecular flexibility index (Phi) is 6.27. The Hall–Kier alpha value is -0.960. The molecule has 0 saturated heterocycles. The third-order valence-corrected chi connectivity index (χ3v) is 4.10. The number of esters is 1. The number of rotatable bonds is 6. The summed E-state index contributed by atoms with van der Waals surface area (Å²) in [4.78, 5) is 11.1. The van der Waals surface area contributed by atoms with Crippen molar-refractivity contribution >= 4 is 17.7 Å². The van der Waals surface area contributed by atoms with Gasteiger partial charge in [0.15, 0.2) is 0 Å². The van der Waals surface area contributed by atoms with Crippen LogP contribution in [-0.2, 0) is 15.3 Å². The van der Waals surface area contributed by atoms with Crippen LogP contribution >= 0.6 is 11.8 Å². The Balaban J connectivity index is 2.41. The highest BCUT2D eigenvalue weighted by Gasteiger charge is 2.09. The molecule has 0 aromatic heterocycles. The highest BCUT2D eigenvalue weighted by molar-refractivity contribution is 7.99. The molecular formula is C15H22O2S. The molecule has 1 aromatic carbocycles. The van der Waals surface area contributed by atoms with Crippen molar-refractivity contribution in [1.29, 1.82) is 0 Å². The van der Waals surface area contributed by atoms with Crippen LogP contribution < -0.4 is 0 Å². The van der Waals surface area contributed by atoms with E-state index in [1.54, 1.807) is 11.8 Å². The maximum Gasteiger partial charge on any atom is 0.306 e. The molecule has 3 heteroatoms. The van der Waals surface area contributed by atoms with Crippen LogP contribution in [0.2, 0.25) is 0 Å². The number of hydrogen-bond donors (Lipinski definition) is 0. The zero-order valence-electron chi connectivity index (χ0n) is 11.6. The van der Waals surface area contributed by atoms with Crippen LogP contribution in [0.3, 0.4) is 0 Å². The van der Waals surface area contributed by atoms with Gasteiger partial charge in [0.25, 0.3) is 0 Å². The average molecular weight is 266 g/mol. The second kappa shape index (κ2) is 7.47. The van der Waals surface area contributed by atoms with E-state index >= 15 is 0 Å². The smallest absolute Gasteiger partial charge is 0.306 e. The number of carbonyl (C=O) groups excluding carboxylic acids is 1. The molecule has 0 aliphatic carbocycles. The van der Waals surface area contributed by atoms with E-state index in [2.05, 4.69) is 49.8 Å².